The summed E-state index contributed by atoms with van der Waals surface area (Å²) < 4.78 is 0. The molecule has 1 amide bonds. The molecule has 0 radical (unpaired) electrons. The third-order valence-electron chi connectivity index (χ3n) is 4.53. The molecule has 0 aromatic heterocycles. The van der Waals surface area contributed by atoms with Crippen molar-refractivity contribution in [1.29, 1.82) is 0 Å². The van der Waals surface area contributed by atoms with Crippen LogP contribution in [0.2, 0.25) is 0 Å². The summed E-state index contributed by atoms with van der Waals surface area (Å²) in [4.78, 5) is 16.1. The average molecular weight is 458 g/mol. The van der Waals surface area contributed by atoms with Gasteiger partial charge in [0.2, 0.25) is 5.91 Å². The second-order valence-electron chi connectivity index (χ2n) is 6.49. The topological polar surface area (TPSA) is 65.5 Å². The van der Waals surface area contributed by atoms with Crippen LogP contribution in [0.15, 0.2) is 35.3 Å². The molecular formula is C19H31IN4O. The molecule has 0 aliphatic heterocycles. The van der Waals surface area contributed by atoms with E-state index in [9.17, 15) is 4.79 Å². The van der Waals surface area contributed by atoms with Crippen LogP contribution in [-0.4, -0.2) is 38.0 Å². The molecule has 6 heteroatoms. The number of nitrogens with one attached hydrogen (secondary N) is 3. The molecule has 0 bridgehead atoms. The summed E-state index contributed by atoms with van der Waals surface area (Å²) in [6, 6.07) is 10.8. The van der Waals surface area contributed by atoms with Crippen LogP contribution in [0.4, 0.5) is 0 Å². The standard InChI is InChI=1S/C19H30N4O.HI/c1-15(16-8-4-3-5-9-16)14-22-19(20-2)21-13-12-18(24)23-17-10-6-7-11-17;/h3-5,8-9,15,17H,6-7,10-14H2,1-2H3,(H,23,24)(H2,20,21,22);1H. The summed E-state index contributed by atoms with van der Waals surface area (Å²) in [5.74, 6) is 1.27. The summed E-state index contributed by atoms with van der Waals surface area (Å²) >= 11 is 0. The minimum absolute atomic E-state index is 0. The number of nitrogens with zero attached hydrogens (tertiary/aromatic N) is 1. The first-order valence-corrected chi connectivity index (χ1v) is 8.98. The fourth-order valence-corrected chi connectivity index (χ4v) is 3.03. The molecule has 1 fully saturated rings. The summed E-state index contributed by atoms with van der Waals surface area (Å²) in [6.07, 6.45) is 5.20. The largest absolute Gasteiger partial charge is 0.356 e. The number of hydrogen-bond donors (Lipinski definition) is 3. The van der Waals surface area contributed by atoms with Gasteiger partial charge in [0.25, 0.3) is 0 Å². The Kier molecular flexibility index (Phi) is 10.5. The van der Waals surface area contributed by atoms with Gasteiger partial charge in [0.1, 0.15) is 0 Å². The van der Waals surface area contributed by atoms with Gasteiger partial charge >= 0.3 is 0 Å². The van der Waals surface area contributed by atoms with Crippen molar-refractivity contribution in [3.05, 3.63) is 35.9 Å². The molecule has 25 heavy (non-hydrogen) atoms. The van der Waals surface area contributed by atoms with Gasteiger partial charge in [-0.25, -0.2) is 0 Å². The molecule has 0 heterocycles. The van der Waals surface area contributed by atoms with E-state index in [2.05, 4.69) is 52.1 Å². The molecular weight excluding hydrogens is 427 g/mol. The van der Waals surface area contributed by atoms with E-state index >= 15 is 0 Å². The second-order valence-corrected chi connectivity index (χ2v) is 6.49. The van der Waals surface area contributed by atoms with E-state index in [1.165, 1.54) is 18.4 Å². The van der Waals surface area contributed by atoms with Crippen LogP contribution in [0.3, 0.4) is 0 Å². The first-order valence-electron chi connectivity index (χ1n) is 8.98. The maximum atomic E-state index is 11.9. The number of rotatable bonds is 7. The Bertz CT molecular complexity index is 529. The summed E-state index contributed by atoms with van der Waals surface area (Å²) in [6.45, 7) is 3.58. The Morgan fingerprint density at radius 2 is 1.88 bits per heavy atom. The lowest BCUT2D eigenvalue weighted by atomic mass is 10.0. The monoisotopic (exact) mass is 458 g/mol. The summed E-state index contributed by atoms with van der Waals surface area (Å²) in [5, 5.41) is 9.63. The fraction of sp³-hybridized carbons (Fsp3) is 0.579. The van der Waals surface area contributed by atoms with Crippen molar-refractivity contribution in [3.8, 4) is 0 Å². The van der Waals surface area contributed by atoms with Crippen molar-refractivity contribution in [1.82, 2.24) is 16.0 Å². The van der Waals surface area contributed by atoms with E-state index < -0.39 is 0 Å². The highest BCUT2D eigenvalue weighted by molar-refractivity contribution is 14.0. The van der Waals surface area contributed by atoms with Crippen molar-refractivity contribution < 1.29 is 4.79 Å². The molecule has 1 atom stereocenters. The minimum Gasteiger partial charge on any atom is -0.356 e. The third-order valence-corrected chi connectivity index (χ3v) is 4.53. The average Bonchev–Trinajstić information content (AvgIpc) is 3.11. The zero-order chi connectivity index (χ0) is 17.2. The Labute approximate surface area is 168 Å². The van der Waals surface area contributed by atoms with Crippen molar-refractivity contribution in [2.75, 3.05) is 20.1 Å². The molecule has 1 aliphatic carbocycles. The number of guanidine groups is 1. The van der Waals surface area contributed by atoms with Gasteiger partial charge in [-0.1, -0.05) is 50.1 Å². The molecule has 1 aliphatic rings. The van der Waals surface area contributed by atoms with Gasteiger partial charge in [0, 0.05) is 32.6 Å². The Morgan fingerprint density at radius 1 is 1.20 bits per heavy atom. The van der Waals surface area contributed by atoms with E-state index in [4.69, 9.17) is 0 Å². The van der Waals surface area contributed by atoms with Crippen LogP contribution in [0.5, 0.6) is 0 Å². The van der Waals surface area contributed by atoms with Crippen molar-refractivity contribution in [2.45, 2.75) is 51.0 Å². The molecule has 1 unspecified atom stereocenters. The Morgan fingerprint density at radius 3 is 2.52 bits per heavy atom. The van der Waals surface area contributed by atoms with Gasteiger partial charge in [-0.2, -0.15) is 0 Å². The van der Waals surface area contributed by atoms with Gasteiger partial charge in [-0.15, -0.1) is 24.0 Å². The van der Waals surface area contributed by atoms with Gasteiger partial charge in [0.15, 0.2) is 5.96 Å². The van der Waals surface area contributed by atoms with E-state index in [0.29, 0.717) is 24.9 Å². The van der Waals surface area contributed by atoms with E-state index in [-0.39, 0.29) is 29.9 Å². The summed E-state index contributed by atoms with van der Waals surface area (Å²) in [5.41, 5.74) is 1.30. The first kappa shape index (κ1) is 21.7. The highest BCUT2D eigenvalue weighted by atomic mass is 127. The number of aliphatic imine (C=N–C) groups is 1. The molecule has 140 valence electrons. The molecule has 0 saturated heterocycles. The third kappa shape index (κ3) is 8.07. The quantitative estimate of drug-likeness (QED) is 0.335. The van der Waals surface area contributed by atoms with Crippen LogP contribution in [0, 0.1) is 0 Å². The lowest BCUT2D eigenvalue weighted by Crippen LogP contribution is -2.41. The number of hydrogen-bond acceptors (Lipinski definition) is 2. The van der Waals surface area contributed by atoms with Gasteiger partial charge in [-0.3, -0.25) is 9.79 Å². The maximum absolute atomic E-state index is 11.9. The van der Waals surface area contributed by atoms with E-state index in [1.807, 2.05) is 6.07 Å². The Balaban J connectivity index is 0.00000312. The molecule has 1 aromatic rings. The predicted molar refractivity (Wildman–Crippen MR) is 115 cm³/mol. The second kappa shape index (κ2) is 12.1. The van der Waals surface area contributed by atoms with Gasteiger partial charge in [-0.05, 0) is 24.3 Å². The molecule has 3 N–H and O–H groups in total. The molecule has 0 spiro atoms. The minimum atomic E-state index is 0. The first-order chi connectivity index (χ1) is 11.7. The molecule has 2 rings (SSSR count). The SMILES string of the molecule is CN=C(NCCC(=O)NC1CCCC1)NCC(C)c1ccccc1.I. The highest BCUT2D eigenvalue weighted by Crippen LogP contribution is 2.17. The van der Waals surface area contributed by atoms with E-state index in [1.54, 1.807) is 7.05 Å². The molecule has 1 saturated carbocycles. The predicted octanol–water partition coefficient (Wildman–Crippen LogP) is 3.02. The van der Waals surface area contributed by atoms with Crippen molar-refractivity contribution in [2.24, 2.45) is 4.99 Å². The number of carbonyl (C=O) groups is 1. The fourth-order valence-electron chi connectivity index (χ4n) is 3.03. The number of halogens is 1. The number of benzene rings is 1. The van der Waals surface area contributed by atoms with Crippen LogP contribution in [-0.2, 0) is 4.79 Å². The van der Waals surface area contributed by atoms with E-state index in [0.717, 1.165) is 25.3 Å². The van der Waals surface area contributed by atoms with Crippen molar-refractivity contribution >= 4 is 35.8 Å². The Hall–Kier alpha value is -1.31. The number of carbonyl (C=O) groups excluding carboxylic acids is 1. The summed E-state index contributed by atoms with van der Waals surface area (Å²) in [7, 11) is 1.75. The smallest absolute Gasteiger partial charge is 0.221 e. The van der Waals surface area contributed by atoms with Crippen LogP contribution in [0.25, 0.3) is 0 Å². The van der Waals surface area contributed by atoms with Crippen LogP contribution in [0.1, 0.15) is 50.5 Å². The van der Waals surface area contributed by atoms with Crippen LogP contribution >= 0.6 is 24.0 Å². The molecule has 1 aromatic carbocycles. The van der Waals surface area contributed by atoms with Gasteiger partial charge in [0.05, 0.1) is 0 Å². The normalized spacial score (nSPS) is 16.0. The lowest BCUT2D eigenvalue weighted by molar-refractivity contribution is -0.121. The highest BCUT2D eigenvalue weighted by Gasteiger charge is 2.16. The van der Waals surface area contributed by atoms with Gasteiger partial charge < -0.3 is 16.0 Å². The number of amides is 1. The molecule has 5 nitrogen and oxygen atoms in total. The zero-order valence-electron chi connectivity index (χ0n) is 15.3. The zero-order valence-corrected chi connectivity index (χ0v) is 17.6. The lowest BCUT2D eigenvalue weighted by Gasteiger charge is -2.17. The van der Waals surface area contributed by atoms with Crippen LogP contribution < -0.4 is 16.0 Å². The van der Waals surface area contributed by atoms with Crippen molar-refractivity contribution in [3.63, 3.8) is 0 Å². The maximum Gasteiger partial charge on any atom is 0.221 e.